The topological polar surface area (TPSA) is 28.7 Å². The van der Waals surface area contributed by atoms with Crippen LogP contribution in [0.5, 0.6) is 0 Å². The van der Waals surface area contributed by atoms with Gasteiger partial charge in [-0.1, -0.05) is 13.0 Å². The van der Waals surface area contributed by atoms with E-state index in [9.17, 15) is 0 Å². The standard InChI is InChI=1S/C9H10N2/c1-2-7-3-4-8-9(5-7)11-6-10-8/h3-6H,2H2,1H3,(H,10,11). The van der Waals surface area contributed by atoms with Crippen molar-refractivity contribution in [3.63, 3.8) is 0 Å². The number of aryl methyl sites for hydroxylation is 1. The maximum atomic E-state index is 4.14. The first-order valence-electron chi connectivity index (χ1n) is 3.82. The van der Waals surface area contributed by atoms with Crippen LogP contribution in [0.3, 0.4) is 0 Å². The van der Waals surface area contributed by atoms with Crippen molar-refractivity contribution >= 4 is 11.0 Å². The summed E-state index contributed by atoms with van der Waals surface area (Å²) in [4.78, 5) is 7.22. The number of aromatic amines is 1. The van der Waals surface area contributed by atoms with Crippen LogP contribution in [0, 0.1) is 0 Å². The van der Waals surface area contributed by atoms with Gasteiger partial charge in [0.05, 0.1) is 17.4 Å². The quantitative estimate of drug-likeness (QED) is 0.656. The third-order valence-corrected chi connectivity index (χ3v) is 1.89. The predicted molar refractivity (Wildman–Crippen MR) is 45.5 cm³/mol. The number of benzene rings is 1. The molecule has 2 heteroatoms. The highest BCUT2D eigenvalue weighted by atomic mass is 14.9. The van der Waals surface area contributed by atoms with Crippen molar-refractivity contribution in [3.05, 3.63) is 30.1 Å². The van der Waals surface area contributed by atoms with Crippen LogP contribution in [0.2, 0.25) is 0 Å². The zero-order chi connectivity index (χ0) is 7.68. The lowest BCUT2D eigenvalue weighted by Gasteiger charge is -1.93. The number of nitrogens with one attached hydrogen (secondary N) is 1. The molecule has 11 heavy (non-hydrogen) atoms. The number of nitrogens with zero attached hydrogens (tertiary/aromatic N) is 1. The highest BCUT2D eigenvalue weighted by Crippen LogP contribution is 2.11. The molecule has 1 heterocycles. The number of imidazole rings is 1. The number of rotatable bonds is 1. The van der Waals surface area contributed by atoms with Crippen molar-refractivity contribution in [3.8, 4) is 0 Å². The summed E-state index contributed by atoms with van der Waals surface area (Å²) in [7, 11) is 0. The Hall–Kier alpha value is -1.31. The summed E-state index contributed by atoms with van der Waals surface area (Å²) in [6.07, 6.45) is 2.80. The second kappa shape index (κ2) is 2.38. The van der Waals surface area contributed by atoms with Crippen LogP contribution in [0.25, 0.3) is 11.0 Å². The minimum Gasteiger partial charge on any atom is -0.345 e. The van der Waals surface area contributed by atoms with Gasteiger partial charge in [-0.3, -0.25) is 0 Å². The lowest BCUT2D eigenvalue weighted by atomic mass is 10.1. The van der Waals surface area contributed by atoms with Crippen molar-refractivity contribution in [2.45, 2.75) is 13.3 Å². The molecule has 0 radical (unpaired) electrons. The van der Waals surface area contributed by atoms with Crippen molar-refractivity contribution in [1.29, 1.82) is 0 Å². The van der Waals surface area contributed by atoms with Gasteiger partial charge < -0.3 is 4.98 Å². The highest BCUT2D eigenvalue weighted by Gasteiger charge is 1.94. The van der Waals surface area contributed by atoms with Gasteiger partial charge in [-0.25, -0.2) is 4.98 Å². The molecule has 0 bridgehead atoms. The summed E-state index contributed by atoms with van der Waals surface area (Å²) < 4.78 is 0. The third kappa shape index (κ3) is 1.00. The van der Waals surface area contributed by atoms with Crippen molar-refractivity contribution in [2.75, 3.05) is 0 Å². The van der Waals surface area contributed by atoms with E-state index in [1.807, 2.05) is 6.07 Å². The van der Waals surface area contributed by atoms with E-state index in [0.29, 0.717) is 0 Å². The van der Waals surface area contributed by atoms with Crippen LogP contribution < -0.4 is 0 Å². The van der Waals surface area contributed by atoms with Gasteiger partial charge in [-0.2, -0.15) is 0 Å². The summed E-state index contributed by atoms with van der Waals surface area (Å²) in [5, 5.41) is 0. The fourth-order valence-corrected chi connectivity index (χ4v) is 1.20. The maximum Gasteiger partial charge on any atom is 0.0931 e. The fourth-order valence-electron chi connectivity index (χ4n) is 1.20. The summed E-state index contributed by atoms with van der Waals surface area (Å²) in [5.41, 5.74) is 3.52. The lowest BCUT2D eigenvalue weighted by Crippen LogP contribution is -1.78. The Balaban J connectivity index is 2.67. The Kier molecular flexibility index (Phi) is 1.39. The first-order valence-corrected chi connectivity index (χ1v) is 3.82. The Bertz CT molecular complexity index is 362. The van der Waals surface area contributed by atoms with E-state index in [0.717, 1.165) is 17.5 Å². The van der Waals surface area contributed by atoms with E-state index in [1.165, 1.54) is 5.56 Å². The highest BCUT2D eigenvalue weighted by molar-refractivity contribution is 5.74. The van der Waals surface area contributed by atoms with Crippen LogP contribution in [0.1, 0.15) is 12.5 Å². The molecule has 1 aromatic heterocycles. The first-order chi connectivity index (χ1) is 5.40. The Morgan fingerprint density at radius 3 is 3.18 bits per heavy atom. The van der Waals surface area contributed by atoms with E-state index in [-0.39, 0.29) is 0 Å². The van der Waals surface area contributed by atoms with E-state index < -0.39 is 0 Å². The van der Waals surface area contributed by atoms with Gasteiger partial charge in [-0.15, -0.1) is 0 Å². The molecule has 1 N–H and O–H groups in total. The maximum absolute atomic E-state index is 4.14. The van der Waals surface area contributed by atoms with Crippen LogP contribution in [0.4, 0.5) is 0 Å². The Morgan fingerprint density at radius 2 is 2.36 bits per heavy atom. The molecule has 0 unspecified atom stereocenters. The van der Waals surface area contributed by atoms with Gasteiger partial charge in [0.1, 0.15) is 0 Å². The van der Waals surface area contributed by atoms with Gasteiger partial charge in [0.15, 0.2) is 0 Å². The normalized spacial score (nSPS) is 10.6. The van der Waals surface area contributed by atoms with Gasteiger partial charge in [-0.05, 0) is 24.1 Å². The zero-order valence-corrected chi connectivity index (χ0v) is 6.46. The molecule has 56 valence electrons. The average molecular weight is 146 g/mol. The molecule has 1 aromatic carbocycles. The smallest absolute Gasteiger partial charge is 0.0931 e. The van der Waals surface area contributed by atoms with Gasteiger partial charge in [0.25, 0.3) is 0 Å². The Morgan fingerprint density at radius 1 is 1.45 bits per heavy atom. The van der Waals surface area contributed by atoms with E-state index >= 15 is 0 Å². The van der Waals surface area contributed by atoms with Gasteiger partial charge in [0.2, 0.25) is 0 Å². The predicted octanol–water partition coefficient (Wildman–Crippen LogP) is 2.13. The van der Waals surface area contributed by atoms with E-state index in [4.69, 9.17) is 0 Å². The minimum absolute atomic E-state index is 1.04. The molecule has 0 amide bonds. The van der Waals surface area contributed by atoms with Crippen molar-refractivity contribution in [1.82, 2.24) is 9.97 Å². The molecular formula is C9H10N2. The zero-order valence-electron chi connectivity index (χ0n) is 6.46. The number of hydrogen-bond donors (Lipinski definition) is 1. The van der Waals surface area contributed by atoms with Crippen LogP contribution in [0.15, 0.2) is 24.5 Å². The second-order valence-electron chi connectivity index (χ2n) is 2.61. The molecule has 2 nitrogen and oxygen atoms in total. The summed E-state index contributed by atoms with van der Waals surface area (Å²) >= 11 is 0. The molecule has 0 atom stereocenters. The van der Waals surface area contributed by atoms with Crippen LogP contribution in [-0.4, -0.2) is 9.97 Å². The van der Waals surface area contributed by atoms with Crippen LogP contribution in [-0.2, 0) is 6.42 Å². The minimum atomic E-state index is 1.04. The second-order valence-corrected chi connectivity index (χ2v) is 2.61. The third-order valence-electron chi connectivity index (χ3n) is 1.89. The molecule has 0 fully saturated rings. The molecule has 0 aliphatic carbocycles. The van der Waals surface area contributed by atoms with E-state index in [2.05, 4.69) is 29.0 Å². The Labute approximate surface area is 65.3 Å². The fraction of sp³-hybridized carbons (Fsp3) is 0.222. The van der Waals surface area contributed by atoms with Gasteiger partial charge in [0, 0.05) is 0 Å². The number of aromatic nitrogens is 2. The summed E-state index contributed by atoms with van der Waals surface area (Å²) in [6.45, 7) is 2.15. The van der Waals surface area contributed by atoms with Gasteiger partial charge >= 0.3 is 0 Å². The molecule has 2 rings (SSSR count). The monoisotopic (exact) mass is 146 g/mol. The molecule has 0 spiro atoms. The number of hydrogen-bond acceptors (Lipinski definition) is 1. The van der Waals surface area contributed by atoms with E-state index in [1.54, 1.807) is 6.33 Å². The van der Waals surface area contributed by atoms with Crippen molar-refractivity contribution in [2.24, 2.45) is 0 Å². The molecular weight excluding hydrogens is 136 g/mol. The SMILES string of the molecule is CCc1ccc2nc[nH]c2c1. The molecule has 2 aromatic rings. The average Bonchev–Trinajstić information content (AvgIpc) is 2.50. The van der Waals surface area contributed by atoms with Crippen LogP contribution >= 0.6 is 0 Å². The largest absolute Gasteiger partial charge is 0.345 e. The summed E-state index contributed by atoms with van der Waals surface area (Å²) in [5.74, 6) is 0. The molecule has 0 aliphatic heterocycles. The lowest BCUT2D eigenvalue weighted by molar-refractivity contribution is 1.14. The summed E-state index contributed by atoms with van der Waals surface area (Å²) in [6, 6.07) is 6.30. The molecule has 0 saturated heterocycles. The number of H-pyrrole nitrogens is 1. The first kappa shape index (κ1) is 6.40. The molecule has 0 saturated carbocycles. The molecule has 0 aliphatic rings. The van der Waals surface area contributed by atoms with Crippen molar-refractivity contribution < 1.29 is 0 Å². The number of fused-ring (bicyclic) bond motifs is 1.